The summed E-state index contributed by atoms with van der Waals surface area (Å²) in [6, 6.07) is 0. The van der Waals surface area contributed by atoms with Gasteiger partial charge >= 0.3 is 0 Å². The quantitative estimate of drug-likeness (QED) is 0.567. The maximum atomic E-state index is 11.7. The van der Waals surface area contributed by atoms with Crippen LogP contribution in [0, 0.1) is 17.8 Å². The summed E-state index contributed by atoms with van der Waals surface area (Å²) in [6.45, 7) is 0. The van der Waals surface area contributed by atoms with Crippen molar-refractivity contribution in [2.45, 2.75) is 31.3 Å². The van der Waals surface area contributed by atoms with E-state index in [1.54, 1.807) is 0 Å². The lowest BCUT2D eigenvalue weighted by Gasteiger charge is -2.39. The van der Waals surface area contributed by atoms with Gasteiger partial charge in [-0.3, -0.25) is 4.79 Å². The van der Waals surface area contributed by atoms with Crippen LogP contribution < -0.4 is 0 Å². The lowest BCUT2D eigenvalue weighted by Crippen LogP contribution is -2.48. The minimum absolute atomic E-state index is 0.0590. The Morgan fingerprint density at radius 1 is 1.46 bits per heavy atom. The first-order valence-electron chi connectivity index (χ1n) is 5.15. The van der Waals surface area contributed by atoms with Crippen molar-refractivity contribution in [2.75, 3.05) is 0 Å². The van der Waals surface area contributed by atoms with E-state index in [9.17, 15) is 9.90 Å². The largest absolute Gasteiger partial charge is 0.389 e. The zero-order valence-electron chi connectivity index (χ0n) is 7.57. The molecule has 0 radical (unpaired) electrons. The molecule has 1 N–H and O–H groups in total. The van der Waals surface area contributed by atoms with Crippen LogP contribution in [-0.4, -0.2) is 16.5 Å². The zero-order valence-corrected chi connectivity index (χ0v) is 7.57. The summed E-state index contributed by atoms with van der Waals surface area (Å²) >= 11 is 0. The second kappa shape index (κ2) is 2.24. The average Bonchev–Trinajstić information content (AvgIpc) is 2.62. The number of hydrogen-bond acceptors (Lipinski definition) is 2. The Hall–Kier alpha value is -0.630. The molecule has 0 aromatic heterocycles. The maximum Gasteiger partial charge on any atom is 0.139 e. The molecule has 2 nitrogen and oxygen atoms in total. The Kier molecular flexibility index (Phi) is 1.33. The van der Waals surface area contributed by atoms with Crippen LogP contribution in [0.2, 0.25) is 0 Å². The third-order valence-corrected chi connectivity index (χ3v) is 4.07. The lowest BCUT2D eigenvalue weighted by atomic mass is 9.69. The number of ketones is 1. The molecule has 0 amide bonds. The topological polar surface area (TPSA) is 37.3 Å². The number of carbonyl (C=O) groups is 1. The highest BCUT2D eigenvalue weighted by atomic mass is 16.3. The third kappa shape index (κ3) is 0.798. The molecule has 2 heteroatoms. The van der Waals surface area contributed by atoms with Gasteiger partial charge in [0.2, 0.25) is 0 Å². The average molecular weight is 178 g/mol. The van der Waals surface area contributed by atoms with Gasteiger partial charge in [-0.05, 0) is 25.2 Å². The fourth-order valence-corrected chi connectivity index (χ4v) is 3.51. The van der Waals surface area contributed by atoms with Gasteiger partial charge in [0.15, 0.2) is 0 Å². The number of hydrogen-bond donors (Lipinski definition) is 1. The predicted octanol–water partition coefficient (Wildman–Crippen LogP) is 1.29. The number of rotatable bonds is 0. The van der Waals surface area contributed by atoms with Crippen LogP contribution in [-0.2, 0) is 4.79 Å². The van der Waals surface area contributed by atoms with Crippen molar-refractivity contribution >= 4 is 5.78 Å². The molecule has 0 heterocycles. The van der Waals surface area contributed by atoms with Gasteiger partial charge in [-0.25, -0.2) is 0 Å². The van der Waals surface area contributed by atoms with Crippen LogP contribution in [0.25, 0.3) is 0 Å². The summed E-state index contributed by atoms with van der Waals surface area (Å²) in [5.74, 6) is 0.858. The van der Waals surface area contributed by atoms with Crippen LogP contribution >= 0.6 is 0 Å². The van der Waals surface area contributed by atoms with Gasteiger partial charge in [-0.15, -0.1) is 0 Å². The molecule has 0 aromatic carbocycles. The van der Waals surface area contributed by atoms with Crippen molar-refractivity contribution in [3.63, 3.8) is 0 Å². The minimum Gasteiger partial charge on any atom is -0.389 e. The third-order valence-electron chi connectivity index (χ3n) is 4.07. The van der Waals surface area contributed by atoms with E-state index in [4.69, 9.17) is 0 Å². The predicted molar refractivity (Wildman–Crippen MR) is 48.0 cm³/mol. The van der Waals surface area contributed by atoms with Crippen LogP contribution in [0.15, 0.2) is 12.2 Å². The van der Waals surface area contributed by atoms with Crippen molar-refractivity contribution in [2.24, 2.45) is 17.8 Å². The molecule has 0 spiro atoms. The number of allylic oxidation sites excluding steroid dienone is 1. The van der Waals surface area contributed by atoms with E-state index in [2.05, 4.69) is 12.2 Å². The summed E-state index contributed by atoms with van der Waals surface area (Å²) in [6.07, 6.45) is 7.64. The van der Waals surface area contributed by atoms with Gasteiger partial charge in [-0.1, -0.05) is 12.2 Å². The number of fused-ring (bicyclic) bond motifs is 5. The van der Waals surface area contributed by atoms with Crippen LogP contribution in [0.1, 0.15) is 25.7 Å². The number of aliphatic hydroxyl groups is 1. The molecule has 4 atom stereocenters. The van der Waals surface area contributed by atoms with E-state index in [0.717, 1.165) is 19.3 Å². The first-order valence-corrected chi connectivity index (χ1v) is 5.15. The Bertz CT molecular complexity index is 294. The highest BCUT2D eigenvalue weighted by molar-refractivity contribution is 5.84. The van der Waals surface area contributed by atoms with E-state index in [-0.39, 0.29) is 11.8 Å². The van der Waals surface area contributed by atoms with E-state index in [1.165, 1.54) is 0 Å². The Balaban J connectivity index is 2.05. The monoisotopic (exact) mass is 178 g/mol. The fourth-order valence-electron chi connectivity index (χ4n) is 3.51. The van der Waals surface area contributed by atoms with Crippen molar-refractivity contribution in [3.8, 4) is 0 Å². The number of Topliss-reactive ketones (excluding diaryl/α,β-unsaturated/α-hetero) is 1. The molecule has 2 fully saturated rings. The van der Waals surface area contributed by atoms with E-state index in [1.807, 2.05) is 0 Å². The van der Waals surface area contributed by atoms with Crippen LogP contribution in [0.3, 0.4) is 0 Å². The molecule has 0 aromatic rings. The second-order valence-corrected chi connectivity index (χ2v) is 4.68. The fraction of sp³-hybridized carbons (Fsp3) is 0.727. The SMILES string of the molecule is O=C1CCC[C@@]2(O)C1[C@H]1C=C[C@@H]2C1. The first-order chi connectivity index (χ1) is 6.22. The summed E-state index contributed by atoms with van der Waals surface area (Å²) in [5, 5.41) is 10.4. The molecule has 0 saturated heterocycles. The summed E-state index contributed by atoms with van der Waals surface area (Å²) in [4.78, 5) is 11.7. The smallest absolute Gasteiger partial charge is 0.139 e. The Morgan fingerprint density at radius 3 is 3.08 bits per heavy atom. The lowest BCUT2D eigenvalue weighted by molar-refractivity contribution is -0.139. The molecule has 2 saturated carbocycles. The molecule has 1 unspecified atom stereocenters. The van der Waals surface area contributed by atoms with Gasteiger partial charge in [0, 0.05) is 12.3 Å². The van der Waals surface area contributed by atoms with Crippen LogP contribution in [0.4, 0.5) is 0 Å². The molecule has 2 bridgehead atoms. The summed E-state index contributed by atoms with van der Waals surface area (Å²) < 4.78 is 0. The van der Waals surface area contributed by atoms with Gasteiger partial charge in [0.05, 0.1) is 11.5 Å². The highest BCUT2D eigenvalue weighted by Crippen LogP contribution is 2.55. The maximum absolute atomic E-state index is 11.7. The molecular formula is C11H14O2. The Morgan fingerprint density at radius 2 is 2.31 bits per heavy atom. The van der Waals surface area contributed by atoms with E-state index >= 15 is 0 Å². The molecule has 70 valence electrons. The molecule has 13 heavy (non-hydrogen) atoms. The Labute approximate surface area is 77.6 Å². The van der Waals surface area contributed by atoms with Crippen molar-refractivity contribution in [1.29, 1.82) is 0 Å². The molecular weight excluding hydrogens is 164 g/mol. The molecule has 3 aliphatic carbocycles. The van der Waals surface area contributed by atoms with E-state index in [0.29, 0.717) is 18.1 Å². The first kappa shape index (κ1) is 7.74. The standard InChI is InChI=1S/C11H14O2/c12-9-2-1-5-11(13)8-4-3-7(6-8)10(9)11/h3-4,7-8,10,13H,1-2,5-6H2/t7-,8+,10?,11-/m0/s1. The molecule has 3 rings (SSSR count). The van der Waals surface area contributed by atoms with Gasteiger partial charge in [-0.2, -0.15) is 0 Å². The van der Waals surface area contributed by atoms with Crippen LogP contribution in [0.5, 0.6) is 0 Å². The molecule has 3 aliphatic rings. The normalized spacial score (nSPS) is 52.7. The van der Waals surface area contributed by atoms with E-state index < -0.39 is 5.60 Å². The zero-order chi connectivity index (χ0) is 9.05. The minimum atomic E-state index is -0.658. The number of carbonyl (C=O) groups excluding carboxylic acids is 1. The van der Waals surface area contributed by atoms with Gasteiger partial charge < -0.3 is 5.11 Å². The van der Waals surface area contributed by atoms with Crippen molar-refractivity contribution in [1.82, 2.24) is 0 Å². The summed E-state index contributed by atoms with van der Waals surface area (Å²) in [7, 11) is 0. The van der Waals surface area contributed by atoms with Crippen molar-refractivity contribution in [3.05, 3.63) is 12.2 Å². The highest BCUT2D eigenvalue weighted by Gasteiger charge is 2.58. The van der Waals surface area contributed by atoms with Crippen molar-refractivity contribution < 1.29 is 9.90 Å². The van der Waals surface area contributed by atoms with Gasteiger partial charge in [0.1, 0.15) is 5.78 Å². The summed E-state index contributed by atoms with van der Waals surface area (Å²) in [5.41, 5.74) is -0.658. The molecule has 0 aliphatic heterocycles. The second-order valence-electron chi connectivity index (χ2n) is 4.68. The van der Waals surface area contributed by atoms with Gasteiger partial charge in [0.25, 0.3) is 0 Å².